The Morgan fingerprint density at radius 1 is 1.14 bits per heavy atom. The standard InChI is InChI=1S/C24H32O4/c1-2-3-7-13-21(25)22(26)17-16-19-11-8-5-4-6-9-12-20(18-19)23-14-10-15-24(27)28-23/h4-6,8-9,11-12,16-18,21-23,25-26H,2-3,7,10,13-15H2,1H3/b5-4?,6-4?,8-5?,9-6?,11-8?,12-9?,17-16+,19-11?,19-18?,20-12?,20-18?. The lowest BCUT2D eigenvalue weighted by atomic mass is 10.0. The van der Waals surface area contributed by atoms with E-state index in [0.717, 1.165) is 43.2 Å². The number of aliphatic hydroxyl groups is 2. The van der Waals surface area contributed by atoms with Crippen LogP contribution >= 0.6 is 0 Å². The summed E-state index contributed by atoms with van der Waals surface area (Å²) in [4.78, 5) is 11.7. The fourth-order valence-corrected chi connectivity index (χ4v) is 3.17. The largest absolute Gasteiger partial charge is 0.457 e. The lowest BCUT2D eigenvalue weighted by molar-refractivity contribution is -0.154. The Kier molecular flexibility index (Phi) is 9.73. The number of hydrogen-bond donors (Lipinski definition) is 2. The number of unbranched alkanes of at least 4 members (excludes halogenated alkanes) is 2. The van der Waals surface area contributed by atoms with E-state index < -0.39 is 12.2 Å². The van der Waals surface area contributed by atoms with E-state index in [1.54, 1.807) is 6.08 Å². The molecule has 4 nitrogen and oxygen atoms in total. The summed E-state index contributed by atoms with van der Waals surface area (Å²) in [6.45, 7) is 2.11. The zero-order chi connectivity index (χ0) is 20.2. The van der Waals surface area contributed by atoms with Crippen molar-refractivity contribution in [1.82, 2.24) is 0 Å². The molecular formula is C24H32O4. The average Bonchev–Trinajstić information content (AvgIpc) is 2.70. The van der Waals surface area contributed by atoms with Gasteiger partial charge in [-0.1, -0.05) is 80.8 Å². The van der Waals surface area contributed by atoms with E-state index >= 15 is 0 Å². The predicted molar refractivity (Wildman–Crippen MR) is 112 cm³/mol. The highest BCUT2D eigenvalue weighted by Crippen LogP contribution is 2.28. The number of carbonyl (C=O) groups excluding carboxylic acids is 1. The molecule has 1 aliphatic rings. The van der Waals surface area contributed by atoms with Crippen LogP contribution in [0.4, 0.5) is 0 Å². The summed E-state index contributed by atoms with van der Waals surface area (Å²) in [6, 6.07) is 15.5. The summed E-state index contributed by atoms with van der Waals surface area (Å²) in [6.07, 6.45) is 7.24. The van der Waals surface area contributed by atoms with E-state index in [9.17, 15) is 15.0 Å². The highest BCUT2D eigenvalue weighted by molar-refractivity contribution is 5.70. The molecule has 28 heavy (non-hydrogen) atoms. The zero-order valence-electron chi connectivity index (χ0n) is 16.7. The maximum atomic E-state index is 11.7. The molecule has 2 rings (SSSR count). The van der Waals surface area contributed by atoms with Gasteiger partial charge >= 0.3 is 5.97 Å². The van der Waals surface area contributed by atoms with Crippen molar-refractivity contribution in [1.29, 1.82) is 0 Å². The van der Waals surface area contributed by atoms with Gasteiger partial charge < -0.3 is 14.9 Å². The van der Waals surface area contributed by atoms with Crippen LogP contribution < -0.4 is 0 Å². The number of aliphatic hydroxyl groups excluding tert-OH is 2. The van der Waals surface area contributed by atoms with Crippen LogP contribution in [0.15, 0.2) is 54.6 Å². The molecular weight excluding hydrogens is 352 g/mol. The lowest BCUT2D eigenvalue weighted by Crippen LogP contribution is -2.23. The lowest BCUT2D eigenvalue weighted by Gasteiger charge is -2.22. The van der Waals surface area contributed by atoms with Crippen molar-refractivity contribution in [3.63, 3.8) is 0 Å². The van der Waals surface area contributed by atoms with Crippen LogP contribution in [0.3, 0.4) is 0 Å². The molecule has 0 amide bonds. The van der Waals surface area contributed by atoms with E-state index in [0.29, 0.717) is 12.8 Å². The van der Waals surface area contributed by atoms with Crippen molar-refractivity contribution in [2.75, 3.05) is 0 Å². The fraction of sp³-hybridized carbons (Fsp3) is 0.458. The molecule has 0 radical (unpaired) electrons. The monoisotopic (exact) mass is 384 g/mol. The zero-order valence-corrected chi connectivity index (χ0v) is 16.7. The number of rotatable bonds is 8. The highest BCUT2D eigenvalue weighted by atomic mass is 16.5. The molecule has 0 aliphatic carbocycles. The first kappa shape index (κ1) is 22.1. The molecule has 4 heteroatoms. The van der Waals surface area contributed by atoms with Gasteiger partial charge in [-0.15, -0.1) is 0 Å². The van der Waals surface area contributed by atoms with Gasteiger partial charge in [0.2, 0.25) is 0 Å². The second kappa shape index (κ2) is 12.3. The van der Waals surface area contributed by atoms with Gasteiger partial charge in [-0.25, -0.2) is 0 Å². The van der Waals surface area contributed by atoms with E-state index in [2.05, 4.69) is 6.92 Å². The molecule has 0 saturated carbocycles. The molecule has 0 spiro atoms. The minimum Gasteiger partial charge on any atom is -0.457 e. The van der Waals surface area contributed by atoms with Gasteiger partial charge in [0, 0.05) is 6.42 Å². The van der Waals surface area contributed by atoms with E-state index in [1.807, 2.05) is 54.6 Å². The molecule has 1 aromatic rings. The molecule has 3 atom stereocenters. The number of cyclic esters (lactones) is 1. The van der Waals surface area contributed by atoms with Crippen LogP contribution in [-0.4, -0.2) is 28.4 Å². The van der Waals surface area contributed by atoms with Gasteiger partial charge in [0.15, 0.2) is 0 Å². The molecule has 2 N–H and O–H groups in total. The van der Waals surface area contributed by atoms with Crippen molar-refractivity contribution in [2.24, 2.45) is 0 Å². The second-order valence-electron chi connectivity index (χ2n) is 7.22. The third-order valence-corrected chi connectivity index (χ3v) is 4.83. The Bertz CT molecular complexity index is 697. The van der Waals surface area contributed by atoms with Crippen LogP contribution in [0.25, 0.3) is 6.08 Å². The molecule has 0 aromatic heterocycles. The minimum atomic E-state index is -0.906. The van der Waals surface area contributed by atoms with Crippen LogP contribution in [0.1, 0.15) is 69.1 Å². The minimum absolute atomic E-state index is 0.162. The Morgan fingerprint density at radius 3 is 2.64 bits per heavy atom. The first-order valence-electron chi connectivity index (χ1n) is 10.3. The molecule has 1 fully saturated rings. The Balaban J connectivity index is 2.21. The quantitative estimate of drug-likeness (QED) is 0.494. The van der Waals surface area contributed by atoms with E-state index in [1.165, 1.54) is 0 Å². The highest BCUT2D eigenvalue weighted by Gasteiger charge is 2.21. The summed E-state index contributed by atoms with van der Waals surface area (Å²) in [5.41, 5.74) is 1.79. The second-order valence-corrected chi connectivity index (χ2v) is 7.22. The molecule has 1 aromatic carbocycles. The summed E-state index contributed by atoms with van der Waals surface area (Å²) in [7, 11) is 0. The molecule has 3 unspecified atom stereocenters. The van der Waals surface area contributed by atoms with Gasteiger partial charge in [-0.05, 0) is 36.5 Å². The Morgan fingerprint density at radius 2 is 1.89 bits per heavy atom. The topological polar surface area (TPSA) is 66.8 Å². The van der Waals surface area contributed by atoms with Crippen LogP contribution in [0, 0.1) is 0 Å². The van der Waals surface area contributed by atoms with Gasteiger partial charge in [0.25, 0.3) is 0 Å². The van der Waals surface area contributed by atoms with Gasteiger partial charge in [0.1, 0.15) is 6.10 Å². The summed E-state index contributed by atoms with van der Waals surface area (Å²) in [5.74, 6) is -0.162. The van der Waals surface area contributed by atoms with E-state index in [4.69, 9.17) is 4.74 Å². The third kappa shape index (κ3) is 7.83. The number of hydrogen-bond acceptors (Lipinski definition) is 4. The van der Waals surface area contributed by atoms with Crippen molar-refractivity contribution in [2.45, 2.75) is 70.2 Å². The maximum absolute atomic E-state index is 11.7. The van der Waals surface area contributed by atoms with E-state index in [-0.39, 0.29) is 12.1 Å². The third-order valence-electron chi connectivity index (χ3n) is 4.83. The average molecular weight is 385 g/mol. The predicted octanol–water partition coefficient (Wildman–Crippen LogP) is 4.89. The number of carbonyl (C=O) groups is 1. The van der Waals surface area contributed by atoms with Crippen molar-refractivity contribution < 1.29 is 19.7 Å². The van der Waals surface area contributed by atoms with Crippen molar-refractivity contribution >= 4 is 12.0 Å². The summed E-state index contributed by atoms with van der Waals surface area (Å²) < 4.78 is 5.52. The molecule has 1 heterocycles. The molecule has 1 saturated heterocycles. The Labute approximate surface area is 168 Å². The van der Waals surface area contributed by atoms with Crippen LogP contribution in [-0.2, 0) is 9.53 Å². The first-order valence-corrected chi connectivity index (χ1v) is 10.3. The maximum Gasteiger partial charge on any atom is 0.306 e. The van der Waals surface area contributed by atoms with Crippen molar-refractivity contribution in [3.8, 4) is 0 Å². The number of esters is 1. The van der Waals surface area contributed by atoms with Gasteiger partial charge in [-0.2, -0.15) is 0 Å². The first-order chi connectivity index (χ1) is 13.6. The van der Waals surface area contributed by atoms with Crippen LogP contribution in [0.2, 0.25) is 0 Å². The SMILES string of the molecule is CCCCCC(O)C(O)/C=C/c1cccccccc(C2CCCC(=O)O2)c1. The molecule has 0 bridgehead atoms. The number of ether oxygens (including phenoxy) is 1. The molecule has 1 aliphatic heterocycles. The van der Waals surface area contributed by atoms with Crippen LogP contribution in [0.5, 0.6) is 0 Å². The fourth-order valence-electron chi connectivity index (χ4n) is 3.17. The normalized spacial score (nSPS) is 19.0. The summed E-state index contributed by atoms with van der Waals surface area (Å²) >= 11 is 0. The smallest absolute Gasteiger partial charge is 0.306 e. The Hall–Kier alpha value is -2.17. The van der Waals surface area contributed by atoms with Gasteiger partial charge in [-0.3, -0.25) is 4.79 Å². The molecule has 152 valence electrons. The summed E-state index contributed by atoms with van der Waals surface area (Å²) in [5, 5.41) is 20.3. The van der Waals surface area contributed by atoms with Crippen molar-refractivity contribution in [3.05, 3.63) is 65.7 Å². The van der Waals surface area contributed by atoms with Gasteiger partial charge in [0.05, 0.1) is 12.2 Å².